The zero-order chi connectivity index (χ0) is 19.7. The van der Waals surface area contributed by atoms with Gasteiger partial charge in [-0.05, 0) is 20.3 Å². The summed E-state index contributed by atoms with van der Waals surface area (Å²) < 4.78 is 28.0. The molecule has 0 aliphatic carbocycles. The highest BCUT2D eigenvalue weighted by atomic mass is 31.2. The van der Waals surface area contributed by atoms with E-state index < -0.39 is 24.5 Å². The number of methoxy groups -OCH3 is 1. The highest BCUT2D eigenvalue weighted by Gasteiger charge is 2.30. The Morgan fingerprint density at radius 3 is 2.27 bits per heavy atom. The third-order valence-corrected chi connectivity index (χ3v) is 5.59. The third-order valence-electron chi connectivity index (χ3n) is 3.54. The van der Waals surface area contributed by atoms with Crippen LogP contribution >= 0.6 is 7.60 Å². The number of rotatable bonds is 13. The largest absolute Gasteiger partial charge is 0.491 e. The Labute approximate surface area is 151 Å². The van der Waals surface area contributed by atoms with Crippen LogP contribution in [0.25, 0.3) is 0 Å². The number of hydrogen-bond donors (Lipinski definition) is 2. The number of carboxylic acid groups (broad SMARTS) is 1. The fourth-order valence-corrected chi connectivity index (χ4v) is 4.04. The van der Waals surface area contributed by atoms with Crippen LogP contribution in [0.15, 0.2) is 9.59 Å². The second-order valence-electron chi connectivity index (χ2n) is 5.28. The Morgan fingerprint density at radius 1 is 1.15 bits per heavy atom. The average molecular weight is 392 g/mol. The van der Waals surface area contributed by atoms with E-state index in [2.05, 4.69) is 5.32 Å². The molecular weight excluding hydrogens is 367 g/mol. The van der Waals surface area contributed by atoms with E-state index in [4.69, 9.17) is 18.9 Å². The Kier molecular flexibility index (Phi) is 8.77. The highest BCUT2D eigenvalue weighted by Crippen LogP contribution is 2.47. The summed E-state index contributed by atoms with van der Waals surface area (Å²) in [6.45, 7) is 4.37. The summed E-state index contributed by atoms with van der Waals surface area (Å²) in [6.07, 6.45) is -0.759. The van der Waals surface area contributed by atoms with Crippen LogP contribution in [-0.4, -0.2) is 57.3 Å². The molecule has 0 bridgehead atoms. The molecule has 0 aromatic heterocycles. The van der Waals surface area contributed by atoms with Crippen molar-refractivity contribution in [3.05, 3.63) is 20.4 Å². The van der Waals surface area contributed by atoms with Gasteiger partial charge in [-0.2, -0.15) is 0 Å². The number of carbonyl (C=O) groups is 1. The van der Waals surface area contributed by atoms with E-state index in [9.17, 15) is 18.9 Å². The number of hydrogen-bond acceptors (Lipinski definition) is 8. The van der Waals surface area contributed by atoms with Crippen LogP contribution in [0, 0.1) is 0 Å². The zero-order valence-corrected chi connectivity index (χ0v) is 16.0. The minimum absolute atomic E-state index is 0.0169. The summed E-state index contributed by atoms with van der Waals surface area (Å²) in [7, 11) is -2.04. The van der Waals surface area contributed by atoms with Gasteiger partial charge in [0.1, 0.15) is 5.69 Å². The van der Waals surface area contributed by atoms with Crippen molar-refractivity contribution in [3.63, 3.8) is 0 Å². The van der Waals surface area contributed by atoms with Crippen molar-refractivity contribution >= 4 is 19.4 Å². The van der Waals surface area contributed by atoms with Crippen LogP contribution in [0.3, 0.4) is 0 Å². The molecule has 0 fully saturated rings. The van der Waals surface area contributed by atoms with Crippen molar-refractivity contribution in [2.75, 3.05) is 51.0 Å². The molecule has 10 nitrogen and oxygen atoms in total. The van der Waals surface area contributed by atoms with Crippen molar-refractivity contribution in [2.45, 2.75) is 20.3 Å². The summed E-state index contributed by atoms with van der Waals surface area (Å²) in [6, 6.07) is 0. The predicted octanol–water partition coefficient (Wildman–Crippen LogP) is 1.02. The zero-order valence-electron chi connectivity index (χ0n) is 15.1. The molecule has 0 radical (unpaired) electrons. The summed E-state index contributed by atoms with van der Waals surface area (Å²) in [4.78, 5) is 35.6. The first-order valence-corrected chi connectivity index (χ1v) is 9.99. The van der Waals surface area contributed by atoms with Gasteiger partial charge in [-0.25, -0.2) is 4.79 Å². The molecule has 2 N–H and O–H groups in total. The first kappa shape index (κ1) is 22.1. The Morgan fingerprint density at radius 2 is 1.77 bits per heavy atom. The molecule has 26 heavy (non-hydrogen) atoms. The lowest BCUT2D eigenvalue weighted by Gasteiger charge is -2.28. The second kappa shape index (κ2) is 10.3. The molecule has 0 aliphatic heterocycles. The van der Waals surface area contributed by atoms with Crippen LogP contribution in [-0.2, 0) is 13.6 Å². The SMILES string of the molecule is CCOP(=O)(CCN(CCCNC(=O)O)c1c(OC)c(=O)c1=O)OCC. The minimum Gasteiger partial charge on any atom is -0.491 e. The normalized spacial score (nSPS) is 11.5. The van der Waals surface area contributed by atoms with E-state index >= 15 is 0 Å². The molecule has 1 aromatic carbocycles. The van der Waals surface area contributed by atoms with E-state index in [1.54, 1.807) is 18.7 Å². The Balaban J connectivity index is 2.88. The van der Waals surface area contributed by atoms with Crippen molar-refractivity contribution in [2.24, 2.45) is 0 Å². The van der Waals surface area contributed by atoms with Gasteiger partial charge < -0.3 is 29.1 Å². The molecule has 0 saturated carbocycles. The quantitative estimate of drug-likeness (QED) is 0.287. The molecule has 0 saturated heterocycles. The molecule has 0 heterocycles. The summed E-state index contributed by atoms with van der Waals surface area (Å²) in [5, 5.41) is 10.8. The lowest BCUT2D eigenvalue weighted by molar-refractivity contribution is 0.194. The van der Waals surface area contributed by atoms with Crippen LogP contribution < -0.4 is 25.8 Å². The predicted molar refractivity (Wildman–Crippen MR) is 96.5 cm³/mol. The van der Waals surface area contributed by atoms with Crippen molar-refractivity contribution in [3.8, 4) is 5.75 Å². The first-order chi connectivity index (χ1) is 12.3. The fourth-order valence-electron chi connectivity index (χ4n) is 2.44. The molecule has 0 unspecified atom stereocenters. The average Bonchev–Trinajstić information content (AvgIpc) is 2.59. The lowest BCUT2D eigenvalue weighted by atomic mass is 10.2. The van der Waals surface area contributed by atoms with Gasteiger partial charge in [0.25, 0.3) is 10.9 Å². The van der Waals surface area contributed by atoms with E-state index in [-0.39, 0.29) is 50.4 Å². The Hall–Kier alpha value is -1.90. The molecule has 1 amide bonds. The van der Waals surface area contributed by atoms with E-state index in [1.165, 1.54) is 7.11 Å². The fraction of sp³-hybridized carbons (Fsp3) is 0.667. The van der Waals surface area contributed by atoms with Crippen molar-refractivity contribution in [1.82, 2.24) is 5.32 Å². The van der Waals surface area contributed by atoms with Crippen LogP contribution in [0.1, 0.15) is 20.3 Å². The van der Waals surface area contributed by atoms with Gasteiger partial charge in [-0.15, -0.1) is 0 Å². The van der Waals surface area contributed by atoms with Crippen molar-refractivity contribution in [1.29, 1.82) is 0 Å². The first-order valence-electron chi connectivity index (χ1n) is 8.26. The minimum atomic E-state index is -3.33. The van der Waals surface area contributed by atoms with Gasteiger partial charge in [-0.3, -0.25) is 14.2 Å². The van der Waals surface area contributed by atoms with Crippen molar-refractivity contribution < 1.29 is 28.3 Å². The molecule has 0 atom stereocenters. The van der Waals surface area contributed by atoms with E-state index in [1.807, 2.05) is 0 Å². The number of anilines is 1. The summed E-state index contributed by atoms with van der Waals surface area (Å²) in [5.74, 6) is -0.0520. The van der Waals surface area contributed by atoms with Crippen LogP contribution in [0.5, 0.6) is 5.75 Å². The molecular formula is C15H25N2O8P. The van der Waals surface area contributed by atoms with Gasteiger partial charge in [-0.1, -0.05) is 0 Å². The second-order valence-corrected chi connectivity index (χ2v) is 7.47. The van der Waals surface area contributed by atoms with Crippen LogP contribution in [0.4, 0.5) is 10.5 Å². The summed E-state index contributed by atoms with van der Waals surface area (Å²) in [5.41, 5.74) is -1.29. The highest BCUT2D eigenvalue weighted by molar-refractivity contribution is 7.53. The molecule has 148 valence electrons. The maximum atomic E-state index is 12.6. The number of nitrogens with zero attached hydrogens (tertiary/aromatic N) is 1. The summed E-state index contributed by atoms with van der Waals surface area (Å²) >= 11 is 0. The topological polar surface area (TPSA) is 131 Å². The molecule has 1 aromatic rings. The van der Waals surface area contributed by atoms with E-state index in [0.717, 1.165) is 0 Å². The molecule has 1 rings (SSSR count). The smallest absolute Gasteiger partial charge is 0.404 e. The van der Waals surface area contributed by atoms with Gasteiger partial charge in [0, 0.05) is 19.6 Å². The molecule has 11 heteroatoms. The Bertz CT molecular complexity index is 703. The lowest BCUT2D eigenvalue weighted by Crippen LogP contribution is -2.43. The maximum absolute atomic E-state index is 12.6. The van der Waals surface area contributed by atoms with Crippen LogP contribution in [0.2, 0.25) is 0 Å². The van der Waals surface area contributed by atoms with Gasteiger partial charge in [0.2, 0.25) is 0 Å². The van der Waals surface area contributed by atoms with Gasteiger partial charge in [0.05, 0.1) is 26.5 Å². The molecule has 0 aliphatic rings. The van der Waals surface area contributed by atoms with Gasteiger partial charge in [0.15, 0.2) is 5.75 Å². The van der Waals surface area contributed by atoms with Gasteiger partial charge >= 0.3 is 13.7 Å². The maximum Gasteiger partial charge on any atom is 0.404 e. The number of amides is 1. The molecule has 0 spiro atoms. The number of nitrogens with one attached hydrogen (secondary N) is 1. The number of ether oxygens (including phenoxy) is 1. The standard InChI is InChI=1S/C15H25N2O8P/c1-4-24-26(22,25-5-2)10-9-17(8-6-7-16-15(20)21)11-12(18)13(19)14(11)23-3/h16H,4-10H2,1-3H3,(H,20,21). The third kappa shape index (κ3) is 5.82. The monoisotopic (exact) mass is 392 g/mol. The van der Waals surface area contributed by atoms with E-state index in [0.29, 0.717) is 6.42 Å².